The van der Waals surface area contributed by atoms with Crippen molar-refractivity contribution in [1.29, 1.82) is 0 Å². The van der Waals surface area contributed by atoms with E-state index in [9.17, 15) is 8.42 Å². The molecule has 5 heteroatoms. The summed E-state index contributed by atoms with van der Waals surface area (Å²) in [5.41, 5.74) is 4.03. The average Bonchev–Trinajstić information content (AvgIpc) is 2.50. The number of hydrogen-bond acceptors (Lipinski definition) is 3. The van der Waals surface area contributed by atoms with Gasteiger partial charge in [-0.25, -0.2) is 13.1 Å². The first-order valence-electron chi connectivity index (χ1n) is 7.58. The first-order valence-corrected chi connectivity index (χ1v) is 9.06. The number of sulfonamides is 1. The fourth-order valence-corrected chi connectivity index (χ4v) is 3.67. The molecule has 0 atom stereocenters. The van der Waals surface area contributed by atoms with E-state index in [-0.39, 0.29) is 13.2 Å². The van der Waals surface area contributed by atoms with E-state index in [2.05, 4.69) is 10.8 Å². The van der Waals surface area contributed by atoms with E-state index in [0.717, 1.165) is 28.0 Å². The van der Waals surface area contributed by atoms with Gasteiger partial charge in [0.2, 0.25) is 10.0 Å². The van der Waals surface area contributed by atoms with Gasteiger partial charge in [0.05, 0.1) is 4.90 Å². The van der Waals surface area contributed by atoms with Crippen LogP contribution in [0.25, 0.3) is 0 Å². The summed E-state index contributed by atoms with van der Waals surface area (Å²) in [6.07, 6.45) is 0. The molecule has 0 aliphatic carbocycles. The highest BCUT2D eigenvalue weighted by Gasteiger charge is 2.15. The summed E-state index contributed by atoms with van der Waals surface area (Å²) in [5.74, 6) is 0.833. The lowest BCUT2D eigenvalue weighted by Gasteiger charge is -2.14. The van der Waals surface area contributed by atoms with Crippen molar-refractivity contribution in [2.24, 2.45) is 0 Å². The van der Waals surface area contributed by atoms with Gasteiger partial charge in [-0.1, -0.05) is 30.3 Å². The van der Waals surface area contributed by atoms with Gasteiger partial charge >= 0.3 is 0 Å². The van der Waals surface area contributed by atoms with E-state index in [0.29, 0.717) is 4.90 Å². The number of nitrogens with one attached hydrogen (secondary N) is 1. The molecule has 0 aromatic heterocycles. The second-order valence-corrected chi connectivity index (χ2v) is 7.40. The minimum Gasteiger partial charge on any atom is -0.492 e. The molecule has 124 valence electrons. The Morgan fingerprint density at radius 1 is 0.913 bits per heavy atom. The van der Waals surface area contributed by atoms with Gasteiger partial charge in [-0.15, -0.1) is 0 Å². The zero-order chi connectivity index (χ0) is 17.0. The fraction of sp³-hybridized carbons (Fsp3) is 0.333. The second kappa shape index (κ2) is 7.15. The summed E-state index contributed by atoms with van der Waals surface area (Å²) in [5, 5.41) is 0. The maximum absolute atomic E-state index is 12.3. The Kier molecular flexibility index (Phi) is 5.44. The number of hydrogen-bond donors (Lipinski definition) is 1. The Morgan fingerprint density at radius 2 is 1.57 bits per heavy atom. The molecular formula is C18H23NO3S. The van der Waals surface area contributed by atoms with Crippen LogP contribution < -0.4 is 9.46 Å². The van der Waals surface area contributed by atoms with Crippen molar-refractivity contribution in [3.63, 3.8) is 0 Å². The lowest BCUT2D eigenvalue weighted by atomic mass is 10.1. The second-order valence-electron chi connectivity index (χ2n) is 5.67. The van der Waals surface area contributed by atoms with Crippen LogP contribution >= 0.6 is 0 Å². The van der Waals surface area contributed by atoms with Crippen molar-refractivity contribution < 1.29 is 13.2 Å². The van der Waals surface area contributed by atoms with Crippen LogP contribution in [-0.2, 0) is 10.0 Å². The highest BCUT2D eigenvalue weighted by Crippen LogP contribution is 2.25. The Balaban J connectivity index is 1.99. The summed E-state index contributed by atoms with van der Waals surface area (Å²) in [4.78, 5) is 0.308. The SMILES string of the molecule is Cc1ccccc1S(=O)(=O)NCCOc1c(C)ccc(C)c1C. The summed E-state index contributed by atoms with van der Waals surface area (Å²) < 4.78 is 32.9. The van der Waals surface area contributed by atoms with Gasteiger partial charge in [-0.2, -0.15) is 0 Å². The molecule has 0 aliphatic rings. The summed E-state index contributed by atoms with van der Waals surface area (Å²) in [6, 6.07) is 11.0. The predicted octanol–water partition coefficient (Wildman–Crippen LogP) is 3.28. The Bertz CT molecular complexity index is 798. The normalized spacial score (nSPS) is 11.5. The molecule has 0 unspecified atom stereocenters. The highest BCUT2D eigenvalue weighted by molar-refractivity contribution is 7.89. The Labute approximate surface area is 138 Å². The topological polar surface area (TPSA) is 55.4 Å². The van der Waals surface area contributed by atoms with Gasteiger partial charge in [0, 0.05) is 6.54 Å². The van der Waals surface area contributed by atoms with Crippen molar-refractivity contribution in [3.05, 3.63) is 58.7 Å². The molecule has 2 aromatic carbocycles. The van der Waals surface area contributed by atoms with Gasteiger partial charge in [0.25, 0.3) is 0 Å². The third kappa shape index (κ3) is 4.12. The van der Waals surface area contributed by atoms with E-state index in [1.807, 2.05) is 32.9 Å². The van der Waals surface area contributed by atoms with Crippen LogP contribution in [0.3, 0.4) is 0 Å². The van der Waals surface area contributed by atoms with Crippen molar-refractivity contribution in [1.82, 2.24) is 4.72 Å². The molecule has 0 fully saturated rings. The predicted molar refractivity (Wildman–Crippen MR) is 92.5 cm³/mol. The first kappa shape index (κ1) is 17.5. The molecule has 0 saturated carbocycles. The van der Waals surface area contributed by atoms with E-state index in [4.69, 9.17) is 4.74 Å². The maximum Gasteiger partial charge on any atom is 0.240 e. The van der Waals surface area contributed by atoms with Crippen molar-refractivity contribution in [2.45, 2.75) is 32.6 Å². The van der Waals surface area contributed by atoms with Crippen LogP contribution in [0.15, 0.2) is 41.3 Å². The molecule has 0 radical (unpaired) electrons. The molecule has 0 aliphatic heterocycles. The van der Waals surface area contributed by atoms with E-state index < -0.39 is 10.0 Å². The molecule has 1 N–H and O–H groups in total. The number of aryl methyl sites for hydroxylation is 3. The maximum atomic E-state index is 12.3. The van der Waals surface area contributed by atoms with Crippen LogP contribution in [0, 0.1) is 27.7 Å². The average molecular weight is 333 g/mol. The zero-order valence-electron chi connectivity index (χ0n) is 14.0. The molecule has 23 heavy (non-hydrogen) atoms. The van der Waals surface area contributed by atoms with Crippen LogP contribution in [0.2, 0.25) is 0 Å². The summed E-state index contributed by atoms with van der Waals surface area (Å²) >= 11 is 0. The summed E-state index contributed by atoms with van der Waals surface area (Å²) in [6.45, 7) is 8.32. The van der Waals surface area contributed by atoms with Crippen LogP contribution in [0.4, 0.5) is 0 Å². The molecule has 2 aromatic rings. The number of ether oxygens (including phenoxy) is 1. The molecule has 0 spiro atoms. The van der Waals surface area contributed by atoms with Gasteiger partial charge in [0.15, 0.2) is 0 Å². The molecule has 4 nitrogen and oxygen atoms in total. The molecular weight excluding hydrogens is 310 g/mol. The van der Waals surface area contributed by atoms with Gasteiger partial charge < -0.3 is 4.74 Å². The third-order valence-electron chi connectivity index (χ3n) is 3.90. The molecule has 0 heterocycles. The van der Waals surface area contributed by atoms with Gasteiger partial charge in [-0.3, -0.25) is 0 Å². The zero-order valence-corrected chi connectivity index (χ0v) is 14.8. The minimum atomic E-state index is -3.50. The minimum absolute atomic E-state index is 0.226. The van der Waals surface area contributed by atoms with Gasteiger partial charge in [0.1, 0.15) is 12.4 Å². The third-order valence-corrected chi connectivity index (χ3v) is 5.52. The van der Waals surface area contributed by atoms with Crippen LogP contribution in [0.5, 0.6) is 5.75 Å². The monoisotopic (exact) mass is 333 g/mol. The van der Waals surface area contributed by atoms with Crippen molar-refractivity contribution >= 4 is 10.0 Å². The molecule has 2 rings (SSSR count). The smallest absolute Gasteiger partial charge is 0.240 e. The fourth-order valence-electron chi connectivity index (χ4n) is 2.41. The largest absolute Gasteiger partial charge is 0.492 e. The first-order chi connectivity index (χ1) is 10.8. The highest BCUT2D eigenvalue weighted by atomic mass is 32.2. The van der Waals surface area contributed by atoms with E-state index in [1.165, 1.54) is 0 Å². The Hall–Kier alpha value is -1.85. The van der Waals surface area contributed by atoms with E-state index in [1.54, 1.807) is 25.1 Å². The number of benzene rings is 2. The van der Waals surface area contributed by atoms with Crippen molar-refractivity contribution in [3.8, 4) is 5.75 Å². The van der Waals surface area contributed by atoms with Crippen LogP contribution in [0.1, 0.15) is 22.3 Å². The summed E-state index contributed by atoms with van der Waals surface area (Å²) in [7, 11) is -3.50. The lowest BCUT2D eigenvalue weighted by molar-refractivity contribution is 0.318. The quantitative estimate of drug-likeness (QED) is 0.826. The molecule has 0 bridgehead atoms. The number of rotatable bonds is 6. The molecule has 0 amide bonds. The van der Waals surface area contributed by atoms with Gasteiger partial charge in [-0.05, 0) is 56.0 Å². The van der Waals surface area contributed by atoms with Crippen molar-refractivity contribution in [2.75, 3.05) is 13.2 Å². The standard InChI is InChI=1S/C18H23NO3S/c1-13-9-10-15(3)18(16(13)4)22-12-11-19-23(20,21)17-8-6-5-7-14(17)2/h5-10,19H,11-12H2,1-4H3. The lowest BCUT2D eigenvalue weighted by Crippen LogP contribution is -2.29. The molecule has 0 saturated heterocycles. The van der Waals surface area contributed by atoms with Crippen LogP contribution in [-0.4, -0.2) is 21.6 Å². The Morgan fingerprint density at radius 3 is 2.26 bits per heavy atom. The van der Waals surface area contributed by atoms with E-state index >= 15 is 0 Å².